The van der Waals surface area contributed by atoms with E-state index in [1.54, 1.807) is 6.92 Å². The number of rotatable bonds is 5. The lowest BCUT2D eigenvalue weighted by molar-refractivity contribution is -0.108. The molecule has 3 heteroatoms. The molecule has 0 heterocycles. The van der Waals surface area contributed by atoms with E-state index in [1.165, 1.54) is 5.57 Å². The molecular formula is C10H16Cl2O. The van der Waals surface area contributed by atoms with Gasteiger partial charge < -0.3 is 4.79 Å². The molecule has 0 aliphatic heterocycles. The quantitative estimate of drug-likeness (QED) is 0.396. The molecule has 0 aromatic carbocycles. The van der Waals surface area contributed by atoms with Crippen molar-refractivity contribution < 1.29 is 4.79 Å². The molecule has 0 saturated carbocycles. The number of alkyl halides is 2. The van der Waals surface area contributed by atoms with Gasteiger partial charge in [-0.1, -0.05) is 11.6 Å². The molecule has 0 aliphatic rings. The van der Waals surface area contributed by atoms with Crippen LogP contribution >= 0.6 is 23.2 Å². The van der Waals surface area contributed by atoms with Crippen LogP contribution in [0.4, 0.5) is 0 Å². The first kappa shape index (κ1) is 13.0. The Morgan fingerprint density at radius 3 is 2.46 bits per heavy atom. The van der Waals surface area contributed by atoms with E-state index < -0.39 is 10.3 Å². The molecule has 0 aromatic heterocycles. The maximum atomic E-state index is 10.4. The number of carbonyl (C=O) groups is 1. The Balaban J connectivity index is 4.03. The fourth-order valence-electron chi connectivity index (χ4n) is 0.923. The molecule has 0 rings (SSSR count). The van der Waals surface area contributed by atoms with Gasteiger partial charge in [0.05, 0.1) is 4.87 Å². The largest absolute Gasteiger partial charge is 0.302 e. The fourth-order valence-corrected chi connectivity index (χ4v) is 1.19. The lowest BCUT2D eigenvalue weighted by Crippen LogP contribution is -2.30. The van der Waals surface area contributed by atoms with Gasteiger partial charge in [0.2, 0.25) is 0 Å². The molecule has 0 N–H and O–H groups in total. The zero-order valence-electron chi connectivity index (χ0n) is 8.31. The summed E-state index contributed by atoms with van der Waals surface area (Å²) in [5.74, 6) is 0. The molecule has 1 nitrogen and oxygen atoms in total. The van der Waals surface area contributed by atoms with Crippen LogP contribution in [0.3, 0.4) is 0 Å². The van der Waals surface area contributed by atoms with Gasteiger partial charge in [0.15, 0.2) is 0 Å². The third-order valence-corrected chi connectivity index (χ3v) is 3.00. The highest BCUT2D eigenvalue weighted by molar-refractivity contribution is 6.37. The predicted molar refractivity (Wildman–Crippen MR) is 58.6 cm³/mol. The highest BCUT2D eigenvalue weighted by Crippen LogP contribution is 2.28. The van der Waals surface area contributed by atoms with Crippen LogP contribution < -0.4 is 0 Å². The Bertz CT molecular complexity index is 193. The molecule has 0 aliphatic carbocycles. The SMILES string of the molecule is CC(C)=CCC[C@](C)(Cl)[C@H](Cl)C=O. The summed E-state index contributed by atoms with van der Waals surface area (Å²) in [6.07, 6.45) is 4.36. The van der Waals surface area contributed by atoms with Crippen LogP contribution in [-0.4, -0.2) is 16.5 Å². The molecular weight excluding hydrogens is 207 g/mol. The third kappa shape index (κ3) is 5.33. The van der Waals surface area contributed by atoms with E-state index in [0.29, 0.717) is 12.7 Å². The van der Waals surface area contributed by atoms with Crippen molar-refractivity contribution in [2.45, 2.75) is 43.9 Å². The minimum absolute atomic E-state index is 0.611. The Morgan fingerprint density at radius 1 is 1.54 bits per heavy atom. The summed E-state index contributed by atoms with van der Waals surface area (Å²) in [5.41, 5.74) is 1.25. The Morgan fingerprint density at radius 2 is 2.08 bits per heavy atom. The molecule has 2 atom stereocenters. The molecule has 0 bridgehead atoms. The van der Waals surface area contributed by atoms with Crippen molar-refractivity contribution in [3.05, 3.63) is 11.6 Å². The van der Waals surface area contributed by atoms with Gasteiger partial charge in [-0.05, 0) is 33.6 Å². The summed E-state index contributed by atoms with van der Waals surface area (Å²) >= 11 is 11.8. The average Bonchev–Trinajstić information content (AvgIpc) is 2.01. The summed E-state index contributed by atoms with van der Waals surface area (Å²) in [6, 6.07) is 0. The van der Waals surface area contributed by atoms with Crippen LogP contribution in [-0.2, 0) is 4.79 Å². The molecule has 0 spiro atoms. The maximum absolute atomic E-state index is 10.4. The van der Waals surface area contributed by atoms with Crippen LogP contribution in [0.25, 0.3) is 0 Å². The average molecular weight is 223 g/mol. The first-order valence-electron chi connectivity index (χ1n) is 4.32. The fraction of sp³-hybridized carbons (Fsp3) is 0.700. The monoisotopic (exact) mass is 222 g/mol. The Labute approximate surface area is 90.1 Å². The highest BCUT2D eigenvalue weighted by atomic mass is 35.5. The molecule has 0 fully saturated rings. The minimum Gasteiger partial charge on any atom is -0.302 e. The van der Waals surface area contributed by atoms with Crippen molar-refractivity contribution in [2.24, 2.45) is 0 Å². The Hall–Kier alpha value is -0.0100. The second-order valence-corrected chi connectivity index (χ2v) is 4.97. The second-order valence-electron chi connectivity index (χ2n) is 3.64. The minimum atomic E-state index is -0.630. The van der Waals surface area contributed by atoms with Crippen molar-refractivity contribution in [2.75, 3.05) is 0 Å². The number of hydrogen-bond acceptors (Lipinski definition) is 1. The van der Waals surface area contributed by atoms with Gasteiger partial charge in [-0.15, -0.1) is 23.2 Å². The topological polar surface area (TPSA) is 17.1 Å². The highest BCUT2D eigenvalue weighted by Gasteiger charge is 2.29. The molecule has 0 aromatic rings. The normalized spacial score (nSPS) is 17.3. The number of carbonyl (C=O) groups excluding carboxylic acids is 1. The van der Waals surface area contributed by atoms with Crippen LogP contribution in [0.15, 0.2) is 11.6 Å². The van der Waals surface area contributed by atoms with Crippen molar-refractivity contribution in [1.82, 2.24) is 0 Å². The summed E-state index contributed by atoms with van der Waals surface area (Å²) in [5, 5.41) is -0.611. The van der Waals surface area contributed by atoms with E-state index >= 15 is 0 Å². The van der Waals surface area contributed by atoms with Gasteiger partial charge in [-0.2, -0.15) is 0 Å². The zero-order valence-corrected chi connectivity index (χ0v) is 9.82. The number of allylic oxidation sites excluding steroid dienone is 2. The number of aldehydes is 1. The van der Waals surface area contributed by atoms with E-state index in [2.05, 4.69) is 6.08 Å². The molecule has 13 heavy (non-hydrogen) atoms. The van der Waals surface area contributed by atoms with Gasteiger partial charge in [0.25, 0.3) is 0 Å². The molecule has 0 radical (unpaired) electrons. The lowest BCUT2D eigenvalue weighted by atomic mass is 10.0. The van der Waals surface area contributed by atoms with Crippen LogP contribution in [0.2, 0.25) is 0 Å². The first-order valence-corrected chi connectivity index (χ1v) is 5.13. The van der Waals surface area contributed by atoms with Gasteiger partial charge in [-0.25, -0.2) is 0 Å². The standard InChI is InChI=1S/C10H16Cl2O/c1-8(2)5-4-6-10(3,12)9(11)7-13/h5,7,9H,4,6H2,1-3H3/t9-,10+/m1/s1. The van der Waals surface area contributed by atoms with E-state index in [4.69, 9.17) is 23.2 Å². The van der Waals surface area contributed by atoms with Crippen molar-refractivity contribution >= 4 is 29.5 Å². The van der Waals surface area contributed by atoms with Crippen molar-refractivity contribution in [3.8, 4) is 0 Å². The number of halogens is 2. The summed E-state index contributed by atoms with van der Waals surface area (Å²) < 4.78 is 0. The van der Waals surface area contributed by atoms with Gasteiger partial charge in [0.1, 0.15) is 11.7 Å². The Kier molecular flexibility index (Phi) is 5.66. The molecule has 76 valence electrons. The lowest BCUT2D eigenvalue weighted by Gasteiger charge is -2.22. The van der Waals surface area contributed by atoms with E-state index in [-0.39, 0.29) is 0 Å². The van der Waals surface area contributed by atoms with Gasteiger partial charge in [0, 0.05) is 0 Å². The van der Waals surface area contributed by atoms with Gasteiger partial charge in [-0.3, -0.25) is 0 Å². The van der Waals surface area contributed by atoms with Crippen LogP contribution in [0, 0.1) is 0 Å². The number of hydrogen-bond donors (Lipinski definition) is 0. The summed E-state index contributed by atoms with van der Waals surface area (Å²) in [6.45, 7) is 5.85. The first-order chi connectivity index (χ1) is 5.90. The van der Waals surface area contributed by atoms with Crippen LogP contribution in [0.5, 0.6) is 0 Å². The third-order valence-electron chi connectivity index (χ3n) is 1.88. The molecule has 0 unspecified atom stereocenters. The molecule has 0 saturated heterocycles. The van der Waals surface area contributed by atoms with Crippen LogP contribution in [0.1, 0.15) is 33.6 Å². The zero-order chi connectivity index (χ0) is 10.5. The molecule has 0 amide bonds. The van der Waals surface area contributed by atoms with Crippen molar-refractivity contribution in [3.63, 3.8) is 0 Å². The predicted octanol–water partition coefficient (Wildman–Crippen LogP) is 3.54. The maximum Gasteiger partial charge on any atom is 0.139 e. The smallest absolute Gasteiger partial charge is 0.139 e. The summed E-state index contributed by atoms with van der Waals surface area (Å²) in [4.78, 5) is 9.79. The van der Waals surface area contributed by atoms with E-state index in [0.717, 1.165) is 6.42 Å². The van der Waals surface area contributed by atoms with E-state index in [1.807, 2.05) is 13.8 Å². The summed E-state index contributed by atoms with van der Waals surface area (Å²) in [7, 11) is 0. The van der Waals surface area contributed by atoms with Gasteiger partial charge >= 0.3 is 0 Å². The van der Waals surface area contributed by atoms with E-state index in [9.17, 15) is 4.79 Å². The van der Waals surface area contributed by atoms with Crippen molar-refractivity contribution in [1.29, 1.82) is 0 Å². The second kappa shape index (κ2) is 5.66.